The molecule has 12 heavy (non-hydrogen) atoms. The van der Waals surface area contributed by atoms with Gasteiger partial charge in [0.1, 0.15) is 0 Å². The van der Waals surface area contributed by atoms with Crippen LogP contribution in [0.2, 0.25) is 0 Å². The maximum atomic E-state index is 11.3. The van der Waals surface area contributed by atoms with Crippen molar-refractivity contribution in [2.75, 3.05) is 0 Å². The van der Waals surface area contributed by atoms with Gasteiger partial charge in [0.25, 0.3) is 0 Å². The number of benzene rings is 1. The molecule has 0 atom stereocenters. The van der Waals surface area contributed by atoms with Gasteiger partial charge in [-0.15, -0.1) is 0 Å². The topological polar surface area (TPSA) is 40.9 Å². The lowest BCUT2D eigenvalue weighted by atomic mass is 10.1. The fourth-order valence-electron chi connectivity index (χ4n) is 0.882. The highest BCUT2D eigenvalue weighted by Crippen LogP contribution is 2.01. The van der Waals surface area contributed by atoms with E-state index >= 15 is 0 Å². The van der Waals surface area contributed by atoms with Crippen molar-refractivity contribution in [2.24, 2.45) is 0 Å². The maximum absolute atomic E-state index is 11.3. The Balaban J connectivity index is 2.87. The molecule has 2 nitrogen and oxygen atoms in total. The summed E-state index contributed by atoms with van der Waals surface area (Å²) in [4.78, 5) is 11.3. The van der Waals surface area contributed by atoms with E-state index in [1.807, 2.05) is 6.07 Å². The fourth-order valence-corrected chi connectivity index (χ4v) is 0.882. The van der Waals surface area contributed by atoms with Crippen LogP contribution >= 0.6 is 0 Å². The molecule has 0 aliphatic rings. The zero-order valence-corrected chi connectivity index (χ0v) is 6.87. The molecule has 0 unspecified atom stereocenters. The number of hydrogen-bond acceptors (Lipinski definition) is 1. The van der Waals surface area contributed by atoms with E-state index in [0.29, 0.717) is 5.56 Å². The molecular formula is C10H10NO. The van der Waals surface area contributed by atoms with E-state index in [-0.39, 0.29) is 11.5 Å². The monoisotopic (exact) mass is 160 g/mol. The standard InChI is InChI=1S/C10H10NO/c1-8(11)7-10(12)9-5-3-2-4-6-9/h2-7,11H,1H3. The molecule has 0 saturated carbocycles. The molecular weight excluding hydrogens is 150 g/mol. The average Bonchev–Trinajstić information content (AvgIpc) is 2.05. The number of ketones is 1. The second-order valence-electron chi connectivity index (χ2n) is 2.56. The van der Waals surface area contributed by atoms with Crippen molar-refractivity contribution in [1.29, 1.82) is 0 Å². The highest BCUT2D eigenvalue weighted by atomic mass is 16.1. The van der Waals surface area contributed by atoms with Crippen LogP contribution < -0.4 is 5.73 Å². The van der Waals surface area contributed by atoms with Gasteiger partial charge in [-0.3, -0.25) is 4.79 Å². The molecule has 2 heteroatoms. The summed E-state index contributed by atoms with van der Waals surface area (Å²) in [6.07, 6.45) is 1.31. The minimum atomic E-state index is -0.108. The van der Waals surface area contributed by atoms with Crippen molar-refractivity contribution in [1.82, 2.24) is 5.73 Å². The van der Waals surface area contributed by atoms with Gasteiger partial charge in [-0.1, -0.05) is 30.3 Å². The molecule has 1 aromatic rings. The lowest BCUT2D eigenvalue weighted by Crippen LogP contribution is -1.94. The first-order valence-corrected chi connectivity index (χ1v) is 3.69. The Morgan fingerprint density at radius 3 is 2.42 bits per heavy atom. The van der Waals surface area contributed by atoms with Crippen LogP contribution in [-0.2, 0) is 0 Å². The molecule has 1 radical (unpaired) electrons. The van der Waals surface area contributed by atoms with Crippen molar-refractivity contribution in [3.63, 3.8) is 0 Å². The quantitative estimate of drug-likeness (QED) is 0.482. The predicted octanol–water partition coefficient (Wildman–Crippen LogP) is 2.06. The van der Waals surface area contributed by atoms with Gasteiger partial charge in [0, 0.05) is 17.3 Å². The third-order valence-electron chi connectivity index (χ3n) is 1.41. The molecule has 0 heterocycles. The highest BCUT2D eigenvalue weighted by Gasteiger charge is 1.99. The van der Waals surface area contributed by atoms with Crippen molar-refractivity contribution in [2.45, 2.75) is 6.92 Å². The summed E-state index contributed by atoms with van der Waals surface area (Å²) in [6.45, 7) is 1.58. The predicted molar refractivity (Wildman–Crippen MR) is 47.6 cm³/mol. The summed E-state index contributed by atoms with van der Waals surface area (Å²) in [6, 6.07) is 8.94. The van der Waals surface area contributed by atoms with Crippen LogP contribution in [0.15, 0.2) is 42.1 Å². The molecule has 0 aromatic heterocycles. The van der Waals surface area contributed by atoms with Gasteiger partial charge >= 0.3 is 0 Å². The summed E-state index contributed by atoms with van der Waals surface area (Å²) < 4.78 is 0. The largest absolute Gasteiger partial charge is 0.305 e. The highest BCUT2D eigenvalue weighted by molar-refractivity contribution is 6.04. The molecule has 1 rings (SSSR count). The lowest BCUT2D eigenvalue weighted by molar-refractivity contribution is 0.104. The van der Waals surface area contributed by atoms with Crippen LogP contribution in [-0.4, -0.2) is 5.78 Å². The normalized spacial score (nSPS) is 11.2. The van der Waals surface area contributed by atoms with Crippen LogP contribution in [0.5, 0.6) is 0 Å². The SMILES string of the molecule is CC([NH])=CC(=O)c1ccccc1. The molecule has 0 aliphatic heterocycles. The Morgan fingerprint density at radius 2 is 1.92 bits per heavy atom. The Bertz CT molecular complexity index is 297. The Labute approximate surface area is 71.7 Å². The third kappa shape index (κ3) is 2.23. The van der Waals surface area contributed by atoms with Gasteiger partial charge in [-0.25, -0.2) is 0 Å². The van der Waals surface area contributed by atoms with E-state index in [2.05, 4.69) is 0 Å². The van der Waals surface area contributed by atoms with E-state index < -0.39 is 0 Å². The van der Waals surface area contributed by atoms with Gasteiger partial charge in [0.15, 0.2) is 5.78 Å². The molecule has 0 fully saturated rings. The molecule has 0 amide bonds. The number of carbonyl (C=O) groups excluding carboxylic acids is 1. The molecule has 1 N–H and O–H groups in total. The number of allylic oxidation sites excluding steroid dienone is 2. The summed E-state index contributed by atoms with van der Waals surface area (Å²) in [5, 5.41) is 0. The molecule has 0 aliphatic carbocycles. The maximum Gasteiger partial charge on any atom is 0.187 e. The summed E-state index contributed by atoms with van der Waals surface area (Å²) in [5.41, 5.74) is 8.01. The molecule has 1 aromatic carbocycles. The average molecular weight is 160 g/mol. The van der Waals surface area contributed by atoms with E-state index in [4.69, 9.17) is 5.73 Å². The summed E-state index contributed by atoms with van der Waals surface area (Å²) in [7, 11) is 0. The molecule has 0 bridgehead atoms. The van der Waals surface area contributed by atoms with Gasteiger partial charge in [0.05, 0.1) is 0 Å². The van der Waals surface area contributed by atoms with Gasteiger partial charge < -0.3 is 5.73 Å². The van der Waals surface area contributed by atoms with Crippen molar-refractivity contribution < 1.29 is 4.79 Å². The number of carbonyl (C=O) groups is 1. The van der Waals surface area contributed by atoms with E-state index in [1.54, 1.807) is 31.2 Å². The van der Waals surface area contributed by atoms with Crippen LogP contribution in [0.25, 0.3) is 0 Å². The zero-order chi connectivity index (χ0) is 8.97. The second-order valence-corrected chi connectivity index (χ2v) is 2.56. The second kappa shape index (κ2) is 3.72. The Kier molecular flexibility index (Phi) is 2.64. The molecule has 0 saturated heterocycles. The minimum absolute atomic E-state index is 0.108. The Hall–Kier alpha value is -1.57. The number of rotatable bonds is 2. The van der Waals surface area contributed by atoms with Crippen LogP contribution in [0, 0.1) is 0 Å². The Morgan fingerprint density at radius 1 is 1.33 bits per heavy atom. The lowest BCUT2D eigenvalue weighted by Gasteiger charge is -1.93. The van der Waals surface area contributed by atoms with Crippen LogP contribution in [0.1, 0.15) is 17.3 Å². The zero-order valence-electron chi connectivity index (χ0n) is 6.87. The van der Waals surface area contributed by atoms with E-state index in [0.717, 1.165) is 0 Å². The van der Waals surface area contributed by atoms with Crippen LogP contribution in [0.4, 0.5) is 0 Å². The van der Waals surface area contributed by atoms with Gasteiger partial charge in [-0.05, 0) is 6.92 Å². The minimum Gasteiger partial charge on any atom is -0.305 e. The molecule has 61 valence electrons. The van der Waals surface area contributed by atoms with E-state index in [9.17, 15) is 4.79 Å². The fraction of sp³-hybridized carbons (Fsp3) is 0.100. The van der Waals surface area contributed by atoms with Gasteiger partial charge in [0.2, 0.25) is 0 Å². The first kappa shape index (κ1) is 8.53. The van der Waals surface area contributed by atoms with E-state index in [1.165, 1.54) is 6.08 Å². The molecule has 0 spiro atoms. The number of hydrogen-bond donors (Lipinski definition) is 0. The summed E-state index contributed by atoms with van der Waals surface area (Å²) in [5.74, 6) is -0.108. The number of nitrogens with one attached hydrogen (secondary N) is 1. The first-order chi connectivity index (χ1) is 5.70. The van der Waals surface area contributed by atoms with Crippen molar-refractivity contribution in [3.05, 3.63) is 47.7 Å². The van der Waals surface area contributed by atoms with Crippen molar-refractivity contribution >= 4 is 5.78 Å². The van der Waals surface area contributed by atoms with Crippen molar-refractivity contribution in [3.8, 4) is 0 Å². The smallest absolute Gasteiger partial charge is 0.187 e. The summed E-state index contributed by atoms with van der Waals surface area (Å²) >= 11 is 0. The van der Waals surface area contributed by atoms with Gasteiger partial charge in [-0.2, -0.15) is 0 Å². The third-order valence-corrected chi connectivity index (χ3v) is 1.41. The van der Waals surface area contributed by atoms with Crippen LogP contribution in [0.3, 0.4) is 0 Å². The first-order valence-electron chi connectivity index (χ1n) is 3.69.